The molecule has 0 aliphatic carbocycles. The summed E-state index contributed by atoms with van der Waals surface area (Å²) in [6, 6.07) is 7.83. The lowest BCUT2D eigenvalue weighted by molar-refractivity contribution is -0.146. The highest BCUT2D eigenvalue weighted by molar-refractivity contribution is 9.10. The van der Waals surface area contributed by atoms with Crippen molar-refractivity contribution in [3.05, 3.63) is 34.3 Å². The van der Waals surface area contributed by atoms with Gasteiger partial charge in [0, 0.05) is 11.0 Å². The minimum atomic E-state index is -0.188. The summed E-state index contributed by atoms with van der Waals surface area (Å²) in [5.41, 5.74) is 1.16. The van der Waals surface area contributed by atoms with Crippen molar-refractivity contribution in [1.29, 1.82) is 0 Å². The fourth-order valence-electron chi connectivity index (χ4n) is 1.80. The second-order valence-corrected chi connectivity index (χ2v) is 4.81. The molecule has 0 amide bonds. The standard InChI is InChI=1S/C13H18BrNO2/c1-4-12(13(16)17-3)15(2)9-10-7-5-6-8-11(10)14/h5-8,12H,4,9H2,1-3H3/t12-/m0/s1. The largest absolute Gasteiger partial charge is 0.468 e. The van der Waals surface area contributed by atoms with Crippen LogP contribution in [0.5, 0.6) is 0 Å². The molecule has 0 aromatic heterocycles. The van der Waals surface area contributed by atoms with Gasteiger partial charge in [-0.25, -0.2) is 0 Å². The van der Waals surface area contributed by atoms with Crippen molar-refractivity contribution < 1.29 is 9.53 Å². The minimum absolute atomic E-state index is 0.179. The van der Waals surface area contributed by atoms with E-state index < -0.39 is 0 Å². The van der Waals surface area contributed by atoms with Crippen LogP contribution < -0.4 is 0 Å². The first kappa shape index (κ1) is 14.2. The van der Waals surface area contributed by atoms with Gasteiger partial charge in [0.05, 0.1) is 7.11 Å². The number of halogens is 1. The van der Waals surface area contributed by atoms with Gasteiger partial charge in [0.25, 0.3) is 0 Å². The Bertz CT molecular complexity index is 381. The quantitative estimate of drug-likeness (QED) is 0.783. The van der Waals surface area contributed by atoms with E-state index in [4.69, 9.17) is 4.74 Å². The molecule has 17 heavy (non-hydrogen) atoms. The van der Waals surface area contributed by atoms with Crippen molar-refractivity contribution in [2.75, 3.05) is 14.2 Å². The molecule has 1 atom stereocenters. The topological polar surface area (TPSA) is 29.5 Å². The molecule has 0 N–H and O–H groups in total. The van der Waals surface area contributed by atoms with Crippen molar-refractivity contribution in [2.45, 2.75) is 25.9 Å². The first-order valence-corrected chi connectivity index (χ1v) is 6.41. The number of benzene rings is 1. The first-order chi connectivity index (χ1) is 8.10. The number of likely N-dealkylation sites (N-methyl/N-ethyl adjacent to an activating group) is 1. The molecule has 0 aliphatic heterocycles. The molecule has 0 bridgehead atoms. The predicted octanol–water partition coefficient (Wildman–Crippen LogP) is 2.83. The van der Waals surface area contributed by atoms with E-state index in [9.17, 15) is 4.79 Å². The van der Waals surface area contributed by atoms with Crippen molar-refractivity contribution in [2.24, 2.45) is 0 Å². The van der Waals surface area contributed by atoms with Crippen LogP contribution in [0.2, 0.25) is 0 Å². The number of nitrogens with zero attached hydrogens (tertiary/aromatic N) is 1. The Hall–Kier alpha value is -0.870. The second-order valence-electron chi connectivity index (χ2n) is 3.95. The zero-order valence-electron chi connectivity index (χ0n) is 10.4. The molecule has 0 saturated carbocycles. The molecular weight excluding hydrogens is 282 g/mol. The molecule has 0 fully saturated rings. The minimum Gasteiger partial charge on any atom is -0.468 e. The monoisotopic (exact) mass is 299 g/mol. The van der Waals surface area contributed by atoms with Crippen molar-refractivity contribution in [3.63, 3.8) is 0 Å². The summed E-state index contributed by atoms with van der Waals surface area (Å²) in [6.07, 6.45) is 0.744. The second kappa shape index (κ2) is 6.77. The van der Waals surface area contributed by atoms with Crippen LogP contribution in [0.25, 0.3) is 0 Å². The predicted molar refractivity (Wildman–Crippen MR) is 71.7 cm³/mol. The Morgan fingerprint density at radius 3 is 2.65 bits per heavy atom. The molecule has 0 aliphatic rings. The van der Waals surface area contributed by atoms with Gasteiger partial charge in [-0.05, 0) is 25.1 Å². The van der Waals surface area contributed by atoms with Gasteiger partial charge < -0.3 is 4.74 Å². The van der Waals surface area contributed by atoms with Crippen LogP contribution in [0.4, 0.5) is 0 Å². The van der Waals surface area contributed by atoms with Crippen LogP contribution in [0.3, 0.4) is 0 Å². The van der Waals surface area contributed by atoms with Crippen molar-refractivity contribution >= 4 is 21.9 Å². The third kappa shape index (κ3) is 3.82. The maximum Gasteiger partial charge on any atom is 0.323 e. The lowest BCUT2D eigenvalue weighted by Crippen LogP contribution is -2.38. The zero-order chi connectivity index (χ0) is 12.8. The Labute approximate surface area is 111 Å². The average molecular weight is 300 g/mol. The fraction of sp³-hybridized carbons (Fsp3) is 0.462. The van der Waals surface area contributed by atoms with E-state index in [0.29, 0.717) is 0 Å². The summed E-state index contributed by atoms with van der Waals surface area (Å²) >= 11 is 3.51. The van der Waals surface area contributed by atoms with Gasteiger partial charge in [0.15, 0.2) is 0 Å². The normalized spacial score (nSPS) is 12.5. The number of carbonyl (C=O) groups excluding carboxylic acids is 1. The van der Waals surface area contributed by atoms with Gasteiger partial charge >= 0.3 is 5.97 Å². The molecule has 1 aromatic carbocycles. The average Bonchev–Trinajstić information content (AvgIpc) is 2.32. The van der Waals surface area contributed by atoms with Gasteiger partial charge in [-0.1, -0.05) is 41.1 Å². The molecule has 0 radical (unpaired) electrons. The Morgan fingerprint density at radius 1 is 1.47 bits per heavy atom. The van der Waals surface area contributed by atoms with Crippen LogP contribution in [-0.2, 0) is 16.1 Å². The summed E-state index contributed by atoms with van der Waals surface area (Å²) in [5.74, 6) is -0.179. The highest BCUT2D eigenvalue weighted by Crippen LogP contribution is 2.19. The zero-order valence-corrected chi connectivity index (χ0v) is 12.0. The molecule has 0 heterocycles. The van der Waals surface area contributed by atoms with E-state index in [-0.39, 0.29) is 12.0 Å². The number of carbonyl (C=O) groups is 1. The van der Waals surface area contributed by atoms with Crippen LogP contribution >= 0.6 is 15.9 Å². The van der Waals surface area contributed by atoms with E-state index in [1.165, 1.54) is 7.11 Å². The molecule has 4 heteroatoms. The lowest BCUT2D eigenvalue weighted by atomic mass is 10.1. The van der Waals surface area contributed by atoms with E-state index in [1.54, 1.807) is 0 Å². The van der Waals surface area contributed by atoms with Gasteiger partial charge in [-0.2, -0.15) is 0 Å². The molecule has 94 valence electrons. The lowest BCUT2D eigenvalue weighted by Gasteiger charge is -2.25. The molecular formula is C13H18BrNO2. The first-order valence-electron chi connectivity index (χ1n) is 5.61. The molecule has 0 unspecified atom stereocenters. The van der Waals surface area contributed by atoms with E-state index in [0.717, 1.165) is 23.0 Å². The number of rotatable bonds is 5. The number of methoxy groups -OCH3 is 1. The van der Waals surface area contributed by atoms with Crippen LogP contribution in [0, 0.1) is 0 Å². The third-order valence-corrected chi connectivity index (χ3v) is 3.54. The summed E-state index contributed by atoms with van der Waals surface area (Å²) in [6.45, 7) is 2.70. The van der Waals surface area contributed by atoms with E-state index >= 15 is 0 Å². The van der Waals surface area contributed by atoms with Crippen molar-refractivity contribution in [1.82, 2.24) is 4.90 Å². The van der Waals surface area contributed by atoms with Gasteiger partial charge in [-0.3, -0.25) is 9.69 Å². The van der Waals surface area contributed by atoms with Crippen LogP contribution in [0.15, 0.2) is 28.7 Å². The smallest absolute Gasteiger partial charge is 0.323 e. The summed E-state index contributed by atoms with van der Waals surface area (Å²) in [4.78, 5) is 13.6. The van der Waals surface area contributed by atoms with E-state index in [2.05, 4.69) is 15.9 Å². The molecule has 0 saturated heterocycles. The molecule has 1 aromatic rings. The summed E-state index contributed by atoms with van der Waals surface area (Å²) in [5, 5.41) is 0. The molecule has 3 nitrogen and oxygen atoms in total. The Morgan fingerprint density at radius 2 is 2.12 bits per heavy atom. The van der Waals surface area contributed by atoms with Crippen LogP contribution in [0.1, 0.15) is 18.9 Å². The maximum atomic E-state index is 11.6. The van der Waals surface area contributed by atoms with Gasteiger partial charge in [0.1, 0.15) is 6.04 Å². The van der Waals surface area contributed by atoms with E-state index in [1.807, 2.05) is 43.1 Å². The molecule has 0 spiro atoms. The third-order valence-electron chi connectivity index (χ3n) is 2.77. The van der Waals surface area contributed by atoms with Gasteiger partial charge in [-0.15, -0.1) is 0 Å². The SMILES string of the molecule is CC[C@@H](C(=O)OC)N(C)Cc1ccccc1Br. The van der Waals surface area contributed by atoms with Gasteiger partial charge in [0.2, 0.25) is 0 Å². The summed E-state index contributed by atoms with van der Waals surface area (Å²) in [7, 11) is 3.36. The van der Waals surface area contributed by atoms with Crippen molar-refractivity contribution in [3.8, 4) is 0 Å². The Balaban J connectivity index is 2.74. The highest BCUT2D eigenvalue weighted by Gasteiger charge is 2.22. The fourth-order valence-corrected chi connectivity index (χ4v) is 2.21. The summed E-state index contributed by atoms with van der Waals surface area (Å²) < 4.78 is 5.86. The number of esters is 1. The number of hydrogen-bond acceptors (Lipinski definition) is 3. The number of hydrogen-bond donors (Lipinski definition) is 0. The molecule has 1 rings (SSSR count). The Kier molecular flexibility index (Phi) is 5.65. The highest BCUT2D eigenvalue weighted by atomic mass is 79.9. The number of ether oxygens (including phenoxy) is 1. The van der Waals surface area contributed by atoms with Crippen LogP contribution in [-0.4, -0.2) is 31.1 Å². The maximum absolute atomic E-state index is 11.6.